The number of nitrogens with two attached hydrogens (primary N) is 2. The lowest BCUT2D eigenvalue weighted by Crippen LogP contribution is -2.56. The number of primary amides is 1. The van der Waals surface area contributed by atoms with Crippen molar-refractivity contribution in [1.82, 2.24) is 10.6 Å². The maximum atomic E-state index is 13.1. The summed E-state index contributed by atoms with van der Waals surface area (Å²) in [4.78, 5) is 50.4. The van der Waals surface area contributed by atoms with E-state index in [1.54, 1.807) is 0 Å². The predicted octanol–water partition coefficient (Wildman–Crippen LogP) is 4.52. The SMILES string of the molecule is CCCCCCCCCCCCc1ccc(NC(=O)C[C@H](NC(=O)[C@H](C)N)C(=O)N[C@@H](Cc2ccccc2)C(N)=O)cc1. The van der Waals surface area contributed by atoms with Crippen molar-refractivity contribution >= 4 is 29.3 Å². The van der Waals surface area contributed by atoms with Crippen LogP contribution in [0, 0.1) is 0 Å². The van der Waals surface area contributed by atoms with Crippen LogP contribution in [0.15, 0.2) is 54.6 Å². The van der Waals surface area contributed by atoms with Crippen LogP contribution in [0.5, 0.6) is 0 Å². The van der Waals surface area contributed by atoms with E-state index in [4.69, 9.17) is 11.5 Å². The molecule has 0 saturated heterocycles. The fourth-order valence-corrected chi connectivity index (χ4v) is 4.83. The van der Waals surface area contributed by atoms with E-state index >= 15 is 0 Å². The van der Waals surface area contributed by atoms with Gasteiger partial charge in [0.05, 0.1) is 12.5 Å². The molecule has 0 aliphatic rings. The summed E-state index contributed by atoms with van der Waals surface area (Å²) in [5.74, 6) is -2.48. The van der Waals surface area contributed by atoms with Gasteiger partial charge in [-0.3, -0.25) is 19.2 Å². The van der Waals surface area contributed by atoms with Crippen molar-refractivity contribution in [2.24, 2.45) is 11.5 Å². The molecule has 0 spiro atoms. The Morgan fingerprint density at radius 3 is 1.81 bits per heavy atom. The lowest BCUT2D eigenvalue weighted by atomic mass is 10.0. The smallest absolute Gasteiger partial charge is 0.243 e. The Morgan fingerprint density at radius 1 is 0.698 bits per heavy atom. The van der Waals surface area contributed by atoms with E-state index in [0.717, 1.165) is 18.4 Å². The van der Waals surface area contributed by atoms with E-state index in [2.05, 4.69) is 22.9 Å². The molecule has 9 heteroatoms. The highest BCUT2D eigenvalue weighted by molar-refractivity contribution is 5.98. The number of anilines is 1. The van der Waals surface area contributed by atoms with Gasteiger partial charge in [-0.2, -0.15) is 0 Å². The standard InChI is InChI=1S/C34H51N5O4/c1-3-4-5-6-7-8-9-10-11-13-16-26-19-21-28(22-20-26)37-31(40)24-30(39-33(42)25(2)35)34(43)38-29(32(36)41)23-27-17-14-12-15-18-27/h12,14-15,17-22,25,29-30H,3-11,13,16,23-24,35H2,1-2H3,(H2,36,41)(H,37,40)(H,38,43)(H,39,42)/t25-,29-,30-/m0/s1. The second-order valence-electron chi connectivity index (χ2n) is 11.4. The van der Waals surface area contributed by atoms with Gasteiger partial charge >= 0.3 is 0 Å². The Balaban J connectivity index is 1.86. The molecule has 0 fully saturated rings. The van der Waals surface area contributed by atoms with Crippen molar-refractivity contribution < 1.29 is 19.2 Å². The summed E-state index contributed by atoms with van der Waals surface area (Å²) >= 11 is 0. The molecule has 2 aromatic carbocycles. The van der Waals surface area contributed by atoms with Gasteiger partial charge in [0, 0.05) is 12.1 Å². The summed E-state index contributed by atoms with van der Waals surface area (Å²) in [5.41, 5.74) is 13.8. The molecule has 236 valence electrons. The summed E-state index contributed by atoms with van der Waals surface area (Å²) in [6.45, 7) is 3.72. The molecule has 7 N–H and O–H groups in total. The van der Waals surface area contributed by atoms with Crippen LogP contribution in [0.25, 0.3) is 0 Å². The largest absolute Gasteiger partial charge is 0.368 e. The minimum Gasteiger partial charge on any atom is -0.368 e. The monoisotopic (exact) mass is 593 g/mol. The first-order chi connectivity index (χ1) is 20.7. The molecule has 0 saturated carbocycles. The topological polar surface area (TPSA) is 156 Å². The quantitative estimate of drug-likeness (QED) is 0.135. The van der Waals surface area contributed by atoms with E-state index in [9.17, 15) is 19.2 Å². The Hall–Kier alpha value is -3.72. The zero-order chi connectivity index (χ0) is 31.5. The second kappa shape index (κ2) is 20.2. The minimum atomic E-state index is -1.24. The summed E-state index contributed by atoms with van der Waals surface area (Å²) in [5, 5.41) is 7.88. The number of rotatable bonds is 21. The van der Waals surface area contributed by atoms with Gasteiger partial charge < -0.3 is 27.4 Å². The first-order valence-electron chi connectivity index (χ1n) is 15.8. The van der Waals surface area contributed by atoms with Crippen molar-refractivity contribution in [3.63, 3.8) is 0 Å². The van der Waals surface area contributed by atoms with Gasteiger partial charge in [-0.25, -0.2) is 0 Å². The lowest BCUT2D eigenvalue weighted by Gasteiger charge is -2.22. The minimum absolute atomic E-state index is 0.174. The molecule has 2 rings (SSSR count). The summed E-state index contributed by atoms with van der Waals surface area (Å²) in [7, 11) is 0. The molecule has 2 aromatic rings. The summed E-state index contributed by atoms with van der Waals surface area (Å²) in [6, 6.07) is 13.6. The number of unbranched alkanes of at least 4 members (excludes halogenated alkanes) is 9. The number of amides is 4. The molecule has 0 bridgehead atoms. The molecular formula is C34H51N5O4. The van der Waals surface area contributed by atoms with Gasteiger partial charge in [-0.05, 0) is 43.0 Å². The Morgan fingerprint density at radius 2 is 1.26 bits per heavy atom. The number of hydrogen-bond acceptors (Lipinski definition) is 5. The molecule has 0 radical (unpaired) electrons. The average Bonchev–Trinajstić information content (AvgIpc) is 2.98. The number of carbonyl (C=O) groups excluding carboxylic acids is 4. The summed E-state index contributed by atoms with van der Waals surface area (Å²) < 4.78 is 0. The van der Waals surface area contributed by atoms with Crippen LogP contribution >= 0.6 is 0 Å². The fourth-order valence-electron chi connectivity index (χ4n) is 4.83. The molecule has 0 unspecified atom stereocenters. The molecule has 0 heterocycles. The van der Waals surface area contributed by atoms with Crippen LogP contribution in [0.3, 0.4) is 0 Å². The van der Waals surface area contributed by atoms with E-state index in [1.807, 2.05) is 54.6 Å². The van der Waals surface area contributed by atoms with Crippen LogP contribution in [0.1, 0.15) is 95.6 Å². The number of carbonyl (C=O) groups is 4. The van der Waals surface area contributed by atoms with Gasteiger partial charge in [-0.15, -0.1) is 0 Å². The van der Waals surface area contributed by atoms with Gasteiger partial charge in [0.15, 0.2) is 0 Å². The Kier molecular flexibility index (Phi) is 16.7. The van der Waals surface area contributed by atoms with Crippen molar-refractivity contribution in [2.45, 2.75) is 115 Å². The third kappa shape index (κ3) is 14.8. The van der Waals surface area contributed by atoms with Crippen molar-refractivity contribution in [3.8, 4) is 0 Å². The lowest BCUT2D eigenvalue weighted by molar-refractivity contribution is -0.133. The van der Waals surface area contributed by atoms with Crippen LogP contribution in [-0.2, 0) is 32.0 Å². The van der Waals surface area contributed by atoms with Crippen LogP contribution in [0.4, 0.5) is 5.69 Å². The predicted molar refractivity (Wildman–Crippen MR) is 172 cm³/mol. The summed E-state index contributed by atoms with van der Waals surface area (Å²) in [6.07, 6.45) is 13.8. The highest BCUT2D eigenvalue weighted by Gasteiger charge is 2.28. The van der Waals surface area contributed by atoms with Crippen molar-refractivity contribution in [1.29, 1.82) is 0 Å². The highest BCUT2D eigenvalue weighted by Crippen LogP contribution is 2.15. The van der Waals surface area contributed by atoms with Gasteiger partial charge in [0.1, 0.15) is 12.1 Å². The number of hydrogen-bond donors (Lipinski definition) is 5. The second-order valence-corrected chi connectivity index (χ2v) is 11.4. The van der Waals surface area contributed by atoms with Crippen molar-refractivity contribution in [2.75, 3.05) is 5.32 Å². The van der Waals surface area contributed by atoms with Crippen molar-refractivity contribution in [3.05, 3.63) is 65.7 Å². The van der Waals surface area contributed by atoms with Gasteiger partial charge in [-0.1, -0.05) is 107 Å². The van der Waals surface area contributed by atoms with Gasteiger partial charge in [0.2, 0.25) is 23.6 Å². The van der Waals surface area contributed by atoms with Crippen LogP contribution in [-0.4, -0.2) is 41.8 Å². The molecule has 4 amide bonds. The molecular weight excluding hydrogens is 542 g/mol. The number of aryl methyl sites for hydroxylation is 1. The van der Waals surface area contributed by atoms with Crippen LogP contribution < -0.4 is 27.4 Å². The molecule has 0 aliphatic carbocycles. The molecule has 3 atom stereocenters. The zero-order valence-corrected chi connectivity index (χ0v) is 25.9. The molecule has 43 heavy (non-hydrogen) atoms. The van der Waals surface area contributed by atoms with E-state index in [-0.39, 0.29) is 12.8 Å². The molecule has 0 aromatic heterocycles. The zero-order valence-electron chi connectivity index (χ0n) is 25.9. The van der Waals surface area contributed by atoms with E-state index in [0.29, 0.717) is 5.69 Å². The number of benzene rings is 2. The third-order valence-electron chi connectivity index (χ3n) is 7.44. The first-order valence-corrected chi connectivity index (χ1v) is 15.8. The molecule has 9 nitrogen and oxygen atoms in total. The van der Waals surface area contributed by atoms with E-state index < -0.39 is 41.8 Å². The molecule has 0 aliphatic heterocycles. The fraction of sp³-hybridized carbons (Fsp3) is 0.529. The average molecular weight is 594 g/mol. The highest BCUT2D eigenvalue weighted by atomic mass is 16.2. The maximum absolute atomic E-state index is 13.1. The van der Waals surface area contributed by atoms with E-state index in [1.165, 1.54) is 70.3 Å². The van der Waals surface area contributed by atoms with Crippen LogP contribution in [0.2, 0.25) is 0 Å². The Bertz CT molecular complexity index is 1120. The third-order valence-corrected chi connectivity index (χ3v) is 7.44. The normalized spacial score (nSPS) is 13.0. The van der Waals surface area contributed by atoms with Gasteiger partial charge in [0.25, 0.3) is 0 Å². The maximum Gasteiger partial charge on any atom is 0.243 e. The number of nitrogens with one attached hydrogen (secondary N) is 3. The first kappa shape index (κ1) is 35.5. The Labute approximate surface area is 256 Å².